The number of rotatable bonds is 11. The molecule has 6 nitrogen and oxygen atoms in total. The van der Waals surface area contributed by atoms with Crippen LogP contribution in [0.2, 0.25) is 0 Å². The summed E-state index contributed by atoms with van der Waals surface area (Å²) in [5.41, 5.74) is 9.22. The molecule has 9 heteroatoms. The van der Waals surface area contributed by atoms with Crippen molar-refractivity contribution in [1.82, 2.24) is 14.7 Å². The normalized spacial score (nSPS) is 17.1. The molecule has 1 saturated heterocycles. The van der Waals surface area contributed by atoms with E-state index in [1.54, 1.807) is 4.90 Å². The second kappa shape index (κ2) is 13.8. The van der Waals surface area contributed by atoms with Gasteiger partial charge < -0.3 is 20.3 Å². The van der Waals surface area contributed by atoms with Crippen molar-refractivity contribution < 1.29 is 22.7 Å². The van der Waals surface area contributed by atoms with E-state index in [0.29, 0.717) is 38.8 Å². The number of nitrogens with zero attached hydrogens (tertiary/aromatic N) is 3. The van der Waals surface area contributed by atoms with E-state index in [9.17, 15) is 18.0 Å². The number of amides is 1. The third-order valence-electron chi connectivity index (χ3n) is 8.26. The fourth-order valence-corrected chi connectivity index (χ4v) is 5.55. The minimum atomic E-state index is -4.41. The third-order valence-corrected chi connectivity index (χ3v) is 8.26. The van der Waals surface area contributed by atoms with Crippen molar-refractivity contribution >= 4 is 5.91 Å². The van der Waals surface area contributed by atoms with Gasteiger partial charge in [-0.2, -0.15) is 13.2 Å². The van der Waals surface area contributed by atoms with E-state index < -0.39 is 11.7 Å². The van der Waals surface area contributed by atoms with Crippen molar-refractivity contribution in [3.63, 3.8) is 0 Å². The topological polar surface area (TPSA) is 62.0 Å². The Morgan fingerprint density at radius 1 is 0.975 bits per heavy atom. The zero-order valence-corrected chi connectivity index (χ0v) is 24.7. The summed E-state index contributed by atoms with van der Waals surface area (Å²) in [6, 6.07) is 9.32. The largest absolute Gasteiger partial charge is 0.493 e. The Morgan fingerprint density at radius 3 is 2.15 bits per heavy atom. The van der Waals surface area contributed by atoms with Crippen molar-refractivity contribution in [2.45, 2.75) is 71.3 Å². The van der Waals surface area contributed by atoms with Gasteiger partial charge in [-0.3, -0.25) is 9.69 Å². The summed E-state index contributed by atoms with van der Waals surface area (Å²) >= 11 is 0. The first-order valence-electron chi connectivity index (χ1n) is 14.2. The highest BCUT2D eigenvalue weighted by atomic mass is 19.4. The molecule has 2 aromatic rings. The molecule has 0 saturated carbocycles. The summed E-state index contributed by atoms with van der Waals surface area (Å²) in [6.45, 7) is 11.6. The van der Waals surface area contributed by atoms with Gasteiger partial charge in [-0.1, -0.05) is 6.07 Å². The molecule has 2 N–H and O–H groups in total. The molecule has 1 amide bonds. The predicted molar refractivity (Wildman–Crippen MR) is 154 cm³/mol. The van der Waals surface area contributed by atoms with Crippen LogP contribution in [0.25, 0.3) is 0 Å². The first-order valence-corrected chi connectivity index (χ1v) is 14.2. The van der Waals surface area contributed by atoms with Gasteiger partial charge in [-0.05, 0) is 108 Å². The van der Waals surface area contributed by atoms with E-state index in [2.05, 4.69) is 63.7 Å². The van der Waals surface area contributed by atoms with E-state index in [1.165, 1.54) is 23.3 Å². The third kappa shape index (κ3) is 7.98. The van der Waals surface area contributed by atoms with Crippen LogP contribution in [0.5, 0.6) is 5.75 Å². The van der Waals surface area contributed by atoms with Crippen LogP contribution in [0.15, 0.2) is 36.4 Å². The maximum absolute atomic E-state index is 12.9. The second-order valence-electron chi connectivity index (χ2n) is 11.2. The first kappa shape index (κ1) is 31.9. The highest BCUT2D eigenvalue weighted by Crippen LogP contribution is 2.32. The standard InChI is InChI=1S/C31H45F3N4O2/c1-21-22(2)29(40-20-8-7-9-28(23(3)35)36(5)6)15-14-27(21)24(4)37-16-18-38(19-17-37)30(39)25-10-12-26(13-11-25)31(32,33)34/h10-15,23-24,28H,7-9,16-20,35H2,1-6H3. The summed E-state index contributed by atoms with van der Waals surface area (Å²) in [6.07, 6.45) is -1.33. The first-order chi connectivity index (χ1) is 18.8. The van der Waals surface area contributed by atoms with Crippen molar-refractivity contribution in [3.05, 3.63) is 64.2 Å². The number of carbonyl (C=O) groups excluding carboxylic acids is 1. The average Bonchev–Trinajstić information content (AvgIpc) is 2.91. The van der Waals surface area contributed by atoms with Gasteiger partial charge in [0.2, 0.25) is 0 Å². The number of piperazine rings is 1. The lowest BCUT2D eigenvalue weighted by Crippen LogP contribution is -2.49. The van der Waals surface area contributed by atoms with E-state index in [4.69, 9.17) is 10.5 Å². The molecule has 222 valence electrons. The van der Waals surface area contributed by atoms with Gasteiger partial charge in [0.05, 0.1) is 12.2 Å². The van der Waals surface area contributed by atoms with E-state index in [-0.39, 0.29) is 23.6 Å². The number of carbonyl (C=O) groups is 1. The SMILES string of the molecule is Cc1c(OCCCCC(C(C)N)N(C)C)ccc(C(C)N2CCN(C(=O)c3ccc(C(F)(F)F)cc3)CC2)c1C. The molecular formula is C31H45F3N4O2. The van der Waals surface area contributed by atoms with Gasteiger partial charge in [0.1, 0.15) is 5.75 Å². The van der Waals surface area contributed by atoms with Gasteiger partial charge >= 0.3 is 6.18 Å². The van der Waals surface area contributed by atoms with E-state index >= 15 is 0 Å². The Kier molecular flexibility index (Phi) is 11.0. The van der Waals surface area contributed by atoms with Crippen LogP contribution < -0.4 is 10.5 Å². The molecule has 0 radical (unpaired) electrons. The van der Waals surface area contributed by atoms with E-state index in [0.717, 1.165) is 42.7 Å². The number of alkyl halides is 3. The summed E-state index contributed by atoms with van der Waals surface area (Å²) in [5, 5.41) is 0. The molecule has 3 unspecified atom stereocenters. The summed E-state index contributed by atoms with van der Waals surface area (Å²) in [7, 11) is 4.14. The van der Waals surface area contributed by atoms with Crippen LogP contribution in [0, 0.1) is 13.8 Å². The van der Waals surface area contributed by atoms with Gasteiger partial charge in [0.25, 0.3) is 5.91 Å². The Labute approximate surface area is 237 Å². The molecule has 1 aliphatic rings. The minimum Gasteiger partial charge on any atom is -0.493 e. The van der Waals surface area contributed by atoms with Crippen LogP contribution in [-0.2, 0) is 6.18 Å². The van der Waals surface area contributed by atoms with Crippen molar-refractivity contribution in [3.8, 4) is 5.75 Å². The number of hydrogen-bond acceptors (Lipinski definition) is 5. The molecule has 0 aliphatic carbocycles. The number of benzene rings is 2. The molecule has 1 aliphatic heterocycles. The van der Waals surface area contributed by atoms with Gasteiger partial charge in [-0.15, -0.1) is 0 Å². The van der Waals surface area contributed by atoms with Crippen LogP contribution in [0.1, 0.15) is 71.8 Å². The Morgan fingerprint density at radius 2 is 1.60 bits per heavy atom. The van der Waals surface area contributed by atoms with Crippen molar-refractivity contribution in [2.75, 3.05) is 46.9 Å². The van der Waals surface area contributed by atoms with Crippen LogP contribution in [0.4, 0.5) is 13.2 Å². The van der Waals surface area contributed by atoms with Crippen molar-refractivity contribution in [2.24, 2.45) is 5.73 Å². The Hall–Kier alpha value is -2.62. The van der Waals surface area contributed by atoms with E-state index in [1.807, 2.05) is 0 Å². The smallest absolute Gasteiger partial charge is 0.416 e. The molecule has 0 aromatic heterocycles. The molecule has 2 aromatic carbocycles. The minimum absolute atomic E-state index is 0.137. The Balaban J connectivity index is 1.52. The summed E-state index contributed by atoms with van der Waals surface area (Å²) in [4.78, 5) is 19.1. The average molecular weight is 563 g/mol. The monoisotopic (exact) mass is 562 g/mol. The van der Waals surface area contributed by atoms with Crippen LogP contribution in [-0.4, -0.2) is 79.6 Å². The maximum Gasteiger partial charge on any atom is 0.416 e. The van der Waals surface area contributed by atoms with Gasteiger partial charge in [-0.25, -0.2) is 0 Å². The molecule has 1 fully saturated rings. The van der Waals surface area contributed by atoms with Crippen LogP contribution >= 0.6 is 0 Å². The number of ether oxygens (including phenoxy) is 1. The molecule has 1 heterocycles. The molecular weight excluding hydrogens is 517 g/mol. The summed E-state index contributed by atoms with van der Waals surface area (Å²) in [5.74, 6) is 0.682. The fourth-order valence-electron chi connectivity index (χ4n) is 5.55. The predicted octanol–water partition coefficient (Wildman–Crippen LogP) is 5.67. The highest BCUT2D eigenvalue weighted by Gasteiger charge is 2.31. The fraction of sp³-hybridized carbons (Fsp3) is 0.581. The zero-order chi connectivity index (χ0) is 29.6. The lowest BCUT2D eigenvalue weighted by atomic mass is 9.96. The number of likely N-dealkylation sites (N-methyl/N-ethyl adjacent to an activating group) is 1. The molecule has 3 rings (SSSR count). The second-order valence-corrected chi connectivity index (χ2v) is 11.2. The lowest BCUT2D eigenvalue weighted by Gasteiger charge is -2.39. The van der Waals surface area contributed by atoms with Crippen molar-refractivity contribution in [1.29, 1.82) is 0 Å². The number of unbranched alkanes of at least 4 members (excludes halogenated alkanes) is 1. The zero-order valence-electron chi connectivity index (χ0n) is 24.7. The van der Waals surface area contributed by atoms with Gasteiger partial charge in [0.15, 0.2) is 0 Å². The van der Waals surface area contributed by atoms with Gasteiger partial charge in [0, 0.05) is 49.9 Å². The molecule has 3 atom stereocenters. The Bertz CT molecular complexity index is 1100. The maximum atomic E-state index is 12.9. The number of hydrogen-bond donors (Lipinski definition) is 1. The molecule has 40 heavy (non-hydrogen) atoms. The highest BCUT2D eigenvalue weighted by molar-refractivity contribution is 5.94. The molecule has 0 bridgehead atoms. The number of halogens is 3. The molecule has 0 spiro atoms. The number of nitrogens with two attached hydrogens (primary N) is 1. The quantitative estimate of drug-likeness (QED) is 0.358. The van der Waals surface area contributed by atoms with Crippen LogP contribution in [0.3, 0.4) is 0 Å². The lowest BCUT2D eigenvalue weighted by molar-refractivity contribution is -0.137. The summed E-state index contributed by atoms with van der Waals surface area (Å²) < 4.78 is 44.7.